The SMILES string of the molecule is CC1/C=C\C(=O)NC(C)(C(C)C)/C=C\1. The molecule has 1 rings (SSSR count). The Kier molecular flexibility index (Phi) is 3.14. The molecule has 0 bridgehead atoms. The van der Waals surface area contributed by atoms with Gasteiger partial charge < -0.3 is 5.32 Å². The molecule has 1 aliphatic rings. The van der Waals surface area contributed by atoms with E-state index in [1.165, 1.54) is 0 Å². The van der Waals surface area contributed by atoms with Gasteiger partial charge in [0.15, 0.2) is 0 Å². The van der Waals surface area contributed by atoms with E-state index < -0.39 is 0 Å². The lowest BCUT2D eigenvalue weighted by Gasteiger charge is -2.32. The van der Waals surface area contributed by atoms with E-state index in [1.54, 1.807) is 6.08 Å². The number of amides is 1. The van der Waals surface area contributed by atoms with E-state index in [0.717, 1.165) is 0 Å². The van der Waals surface area contributed by atoms with Gasteiger partial charge in [0.1, 0.15) is 0 Å². The highest BCUT2D eigenvalue weighted by atomic mass is 16.1. The van der Waals surface area contributed by atoms with Gasteiger partial charge in [0.2, 0.25) is 5.91 Å². The van der Waals surface area contributed by atoms with Crippen LogP contribution in [0.5, 0.6) is 0 Å². The van der Waals surface area contributed by atoms with Crippen molar-refractivity contribution in [2.24, 2.45) is 11.8 Å². The molecule has 0 aliphatic carbocycles. The van der Waals surface area contributed by atoms with Gasteiger partial charge in [-0.3, -0.25) is 4.79 Å². The van der Waals surface area contributed by atoms with Crippen LogP contribution in [0.15, 0.2) is 24.3 Å². The predicted molar refractivity (Wildman–Crippen MR) is 58.8 cm³/mol. The standard InChI is InChI=1S/C12H19NO/c1-9(2)12(4)8-7-10(3)5-6-11(14)13-12/h5-10H,1-4H3,(H,13,14)/b6-5-,8-7-. The molecule has 0 spiro atoms. The van der Waals surface area contributed by atoms with Crippen molar-refractivity contribution in [3.05, 3.63) is 24.3 Å². The zero-order valence-electron chi connectivity index (χ0n) is 9.37. The number of rotatable bonds is 1. The predicted octanol–water partition coefficient (Wildman–Crippen LogP) is 2.28. The Morgan fingerprint density at radius 3 is 2.64 bits per heavy atom. The maximum absolute atomic E-state index is 11.5. The first-order valence-electron chi connectivity index (χ1n) is 5.14. The Hall–Kier alpha value is -1.05. The lowest BCUT2D eigenvalue weighted by Crippen LogP contribution is -2.48. The highest BCUT2D eigenvalue weighted by Crippen LogP contribution is 2.20. The van der Waals surface area contributed by atoms with Crippen LogP contribution in [0, 0.1) is 11.8 Å². The normalized spacial score (nSPS) is 37.2. The van der Waals surface area contributed by atoms with E-state index in [9.17, 15) is 4.79 Å². The van der Waals surface area contributed by atoms with Gasteiger partial charge >= 0.3 is 0 Å². The van der Waals surface area contributed by atoms with Crippen LogP contribution in [-0.4, -0.2) is 11.4 Å². The van der Waals surface area contributed by atoms with Crippen LogP contribution in [0.25, 0.3) is 0 Å². The molecule has 1 amide bonds. The third-order valence-corrected chi connectivity index (χ3v) is 2.89. The summed E-state index contributed by atoms with van der Waals surface area (Å²) in [6, 6.07) is 0. The van der Waals surface area contributed by atoms with Crippen molar-refractivity contribution in [3.8, 4) is 0 Å². The fraction of sp³-hybridized carbons (Fsp3) is 0.583. The maximum Gasteiger partial charge on any atom is 0.244 e. The molecule has 0 saturated carbocycles. The van der Waals surface area contributed by atoms with E-state index in [2.05, 4.69) is 45.2 Å². The zero-order valence-corrected chi connectivity index (χ0v) is 9.37. The zero-order chi connectivity index (χ0) is 10.8. The number of hydrogen-bond donors (Lipinski definition) is 1. The Balaban J connectivity index is 2.94. The Morgan fingerprint density at radius 1 is 1.43 bits per heavy atom. The third kappa shape index (κ3) is 2.47. The quantitative estimate of drug-likeness (QED) is 0.636. The van der Waals surface area contributed by atoms with Gasteiger partial charge in [0.25, 0.3) is 0 Å². The molecule has 14 heavy (non-hydrogen) atoms. The second kappa shape index (κ2) is 3.99. The molecular weight excluding hydrogens is 174 g/mol. The largest absolute Gasteiger partial charge is 0.344 e. The third-order valence-electron chi connectivity index (χ3n) is 2.89. The van der Waals surface area contributed by atoms with Gasteiger partial charge in [-0.2, -0.15) is 0 Å². The Morgan fingerprint density at radius 2 is 2.07 bits per heavy atom. The lowest BCUT2D eigenvalue weighted by molar-refractivity contribution is -0.118. The number of hydrogen-bond acceptors (Lipinski definition) is 1. The molecule has 2 heteroatoms. The average molecular weight is 193 g/mol. The number of carbonyl (C=O) groups excluding carboxylic acids is 1. The lowest BCUT2D eigenvalue weighted by atomic mass is 9.86. The van der Waals surface area contributed by atoms with Gasteiger partial charge in [-0.1, -0.05) is 39.0 Å². The fourth-order valence-electron chi connectivity index (χ4n) is 1.34. The van der Waals surface area contributed by atoms with E-state index in [4.69, 9.17) is 0 Å². The molecule has 0 aromatic carbocycles. The minimum Gasteiger partial charge on any atom is -0.344 e. The van der Waals surface area contributed by atoms with E-state index in [1.807, 2.05) is 6.08 Å². The highest BCUT2D eigenvalue weighted by molar-refractivity contribution is 5.88. The van der Waals surface area contributed by atoms with Gasteiger partial charge in [-0.15, -0.1) is 0 Å². The first-order valence-corrected chi connectivity index (χ1v) is 5.14. The van der Waals surface area contributed by atoms with Crippen molar-refractivity contribution in [3.63, 3.8) is 0 Å². The summed E-state index contributed by atoms with van der Waals surface area (Å²) in [6.07, 6.45) is 7.76. The Labute approximate surface area is 86.1 Å². The number of carbonyl (C=O) groups is 1. The first kappa shape index (κ1) is 11.0. The van der Waals surface area contributed by atoms with Crippen molar-refractivity contribution in [1.29, 1.82) is 0 Å². The molecule has 0 saturated heterocycles. The summed E-state index contributed by atoms with van der Waals surface area (Å²) in [6.45, 7) is 8.35. The number of nitrogens with one attached hydrogen (secondary N) is 1. The van der Waals surface area contributed by atoms with E-state index >= 15 is 0 Å². The van der Waals surface area contributed by atoms with Crippen LogP contribution in [-0.2, 0) is 4.79 Å². The minimum absolute atomic E-state index is 0.00241. The Bertz CT molecular complexity index is 278. The van der Waals surface area contributed by atoms with Crippen LogP contribution in [0.2, 0.25) is 0 Å². The smallest absolute Gasteiger partial charge is 0.244 e. The van der Waals surface area contributed by atoms with Gasteiger partial charge in [-0.05, 0) is 24.8 Å². The first-order chi connectivity index (χ1) is 6.44. The van der Waals surface area contributed by atoms with Crippen molar-refractivity contribution < 1.29 is 4.79 Å². The topological polar surface area (TPSA) is 29.1 Å². The second-order valence-electron chi connectivity index (χ2n) is 4.50. The van der Waals surface area contributed by atoms with Crippen LogP contribution in [0.3, 0.4) is 0 Å². The summed E-state index contributed by atoms with van der Waals surface area (Å²) < 4.78 is 0. The summed E-state index contributed by atoms with van der Waals surface area (Å²) in [5.74, 6) is 0.720. The summed E-state index contributed by atoms with van der Waals surface area (Å²) in [7, 11) is 0. The van der Waals surface area contributed by atoms with Crippen LogP contribution in [0.1, 0.15) is 27.7 Å². The molecule has 1 aliphatic heterocycles. The van der Waals surface area contributed by atoms with Crippen molar-refractivity contribution in [1.82, 2.24) is 5.32 Å². The summed E-state index contributed by atoms with van der Waals surface area (Å²) in [4.78, 5) is 11.5. The van der Waals surface area contributed by atoms with E-state index in [-0.39, 0.29) is 11.4 Å². The minimum atomic E-state index is -0.226. The average Bonchev–Trinajstić information content (AvgIpc) is 2.09. The van der Waals surface area contributed by atoms with Crippen molar-refractivity contribution in [2.75, 3.05) is 0 Å². The van der Waals surface area contributed by atoms with Crippen LogP contribution in [0.4, 0.5) is 0 Å². The summed E-state index contributed by atoms with van der Waals surface area (Å²) in [5.41, 5.74) is -0.226. The molecule has 78 valence electrons. The number of allylic oxidation sites excluding steroid dienone is 2. The summed E-state index contributed by atoms with van der Waals surface area (Å²) in [5, 5.41) is 3.00. The molecule has 0 aromatic rings. The fourth-order valence-corrected chi connectivity index (χ4v) is 1.34. The van der Waals surface area contributed by atoms with E-state index in [0.29, 0.717) is 11.8 Å². The molecular formula is C12H19NO. The molecule has 0 radical (unpaired) electrons. The highest BCUT2D eigenvalue weighted by Gasteiger charge is 2.27. The van der Waals surface area contributed by atoms with Crippen LogP contribution < -0.4 is 5.32 Å². The van der Waals surface area contributed by atoms with Crippen molar-refractivity contribution in [2.45, 2.75) is 33.2 Å². The monoisotopic (exact) mass is 193 g/mol. The van der Waals surface area contributed by atoms with Crippen molar-refractivity contribution >= 4 is 5.91 Å². The summed E-state index contributed by atoms with van der Waals surface area (Å²) >= 11 is 0. The molecule has 2 unspecified atom stereocenters. The molecule has 0 fully saturated rings. The van der Waals surface area contributed by atoms with Gasteiger partial charge in [0.05, 0.1) is 5.54 Å². The molecule has 1 N–H and O–H groups in total. The molecule has 1 heterocycles. The van der Waals surface area contributed by atoms with Gasteiger partial charge in [0, 0.05) is 0 Å². The second-order valence-corrected chi connectivity index (χ2v) is 4.50. The molecule has 0 aromatic heterocycles. The molecule has 2 atom stereocenters. The van der Waals surface area contributed by atoms with Crippen LogP contribution >= 0.6 is 0 Å². The maximum atomic E-state index is 11.5. The van der Waals surface area contributed by atoms with Gasteiger partial charge in [-0.25, -0.2) is 0 Å². The molecule has 2 nitrogen and oxygen atoms in total.